The third-order valence-electron chi connectivity index (χ3n) is 5.72. The minimum atomic E-state index is 0.615. The summed E-state index contributed by atoms with van der Waals surface area (Å²) in [6.45, 7) is 5.11. The number of fused-ring (bicyclic) bond motifs is 3. The molecule has 144 valence electrons. The molecule has 1 aliphatic heterocycles. The van der Waals surface area contributed by atoms with E-state index in [9.17, 15) is 0 Å². The number of benzene rings is 1. The predicted molar refractivity (Wildman–Crippen MR) is 113 cm³/mol. The van der Waals surface area contributed by atoms with Crippen molar-refractivity contribution >= 4 is 28.9 Å². The Kier molecular flexibility index (Phi) is 4.49. The average Bonchev–Trinajstić information content (AvgIpc) is 3.20. The lowest BCUT2D eigenvalue weighted by Crippen LogP contribution is -2.32. The molecule has 1 fully saturated rings. The SMILES string of the molecule is Cc1[nH]c2ncn3c(nc(=S)n3CN3CCCCC3)c2c1Cc1ccccc1. The number of hydrogen-bond acceptors (Lipinski definition) is 4. The van der Waals surface area contributed by atoms with E-state index < -0.39 is 0 Å². The van der Waals surface area contributed by atoms with Gasteiger partial charge in [-0.05, 0) is 56.2 Å². The topological polar surface area (TPSA) is 54.2 Å². The van der Waals surface area contributed by atoms with E-state index in [-0.39, 0.29) is 0 Å². The number of likely N-dealkylation sites (tertiary alicyclic amines) is 1. The fourth-order valence-corrected chi connectivity index (χ4v) is 4.46. The van der Waals surface area contributed by atoms with Crippen molar-refractivity contribution in [3.63, 3.8) is 0 Å². The van der Waals surface area contributed by atoms with Crippen LogP contribution >= 0.6 is 12.2 Å². The van der Waals surface area contributed by atoms with Crippen LogP contribution in [-0.4, -0.2) is 42.1 Å². The van der Waals surface area contributed by atoms with E-state index >= 15 is 0 Å². The van der Waals surface area contributed by atoms with Crippen LogP contribution in [0.1, 0.15) is 36.1 Å². The third kappa shape index (κ3) is 3.04. The predicted octanol–water partition coefficient (Wildman–Crippen LogP) is 4.08. The molecule has 28 heavy (non-hydrogen) atoms. The lowest BCUT2D eigenvalue weighted by Gasteiger charge is -2.26. The van der Waals surface area contributed by atoms with Crippen LogP contribution in [0, 0.1) is 11.7 Å². The largest absolute Gasteiger partial charge is 0.343 e. The number of H-pyrrole nitrogens is 1. The molecule has 0 atom stereocenters. The monoisotopic (exact) mass is 392 g/mol. The minimum absolute atomic E-state index is 0.615. The Morgan fingerprint density at radius 2 is 1.89 bits per heavy atom. The lowest BCUT2D eigenvalue weighted by atomic mass is 10.0. The molecule has 0 spiro atoms. The van der Waals surface area contributed by atoms with Crippen LogP contribution in [0.15, 0.2) is 36.7 Å². The van der Waals surface area contributed by atoms with Crippen molar-refractivity contribution in [2.24, 2.45) is 0 Å². The standard InChI is InChI=1S/C21H24N6S/c1-15-17(12-16-8-4-2-5-9-16)18-19(23-15)22-13-26-20(18)24-21(28)27(26)14-25-10-6-3-7-11-25/h2,4-5,8-9,13,23H,3,6-7,10-12,14H2,1H3. The summed E-state index contributed by atoms with van der Waals surface area (Å²) in [6, 6.07) is 10.5. The molecule has 1 saturated heterocycles. The van der Waals surface area contributed by atoms with Gasteiger partial charge in [0, 0.05) is 12.1 Å². The third-order valence-corrected chi connectivity index (χ3v) is 6.02. The Balaban J connectivity index is 1.63. The molecule has 1 N–H and O–H groups in total. The smallest absolute Gasteiger partial charge is 0.218 e. The molecule has 3 aromatic heterocycles. The first-order valence-electron chi connectivity index (χ1n) is 9.92. The van der Waals surface area contributed by atoms with Crippen molar-refractivity contribution < 1.29 is 0 Å². The molecule has 0 unspecified atom stereocenters. The Labute approximate surface area is 168 Å². The highest BCUT2D eigenvalue weighted by atomic mass is 32.1. The van der Waals surface area contributed by atoms with Crippen molar-refractivity contribution in [2.45, 2.75) is 39.3 Å². The molecule has 1 aromatic carbocycles. The maximum atomic E-state index is 5.63. The van der Waals surface area contributed by atoms with E-state index in [1.807, 2.05) is 16.9 Å². The molecule has 6 nitrogen and oxygen atoms in total. The number of aryl methyl sites for hydroxylation is 1. The summed E-state index contributed by atoms with van der Waals surface area (Å²) in [5.41, 5.74) is 5.42. The zero-order chi connectivity index (χ0) is 19.1. The zero-order valence-electron chi connectivity index (χ0n) is 16.1. The second-order valence-electron chi connectivity index (χ2n) is 7.64. The summed E-state index contributed by atoms with van der Waals surface area (Å²) in [6.07, 6.45) is 6.52. The second kappa shape index (κ2) is 7.14. The molecule has 4 aromatic rings. The molecule has 0 bridgehead atoms. The molecular weight excluding hydrogens is 368 g/mol. The quantitative estimate of drug-likeness (QED) is 0.532. The highest BCUT2D eigenvalue weighted by molar-refractivity contribution is 7.71. The van der Waals surface area contributed by atoms with E-state index in [0.717, 1.165) is 48.6 Å². The molecule has 0 amide bonds. The first-order valence-corrected chi connectivity index (χ1v) is 10.3. The van der Waals surface area contributed by atoms with Crippen molar-refractivity contribution in [3.05, 3.63) is 58.3 Å². The van der Waals surface area contributed by atoms with Crippen LogP contribution in [-0.2, 0) is 13.1 Å². The number of rotatable bonds is 4. The first kappa shape index (κ1) is 17.6. The summed E-state index contributed by atoms with van der Waals surface area (Å²) < 4.78 is 4.71. The maximum Gasteiger partial charge on any atom is 0.218 e. The van der Waals surface area contributed by atoms with Gasteiger partial charge in [-0.25, -0.2) is 14.2 Å². The van der Waals surface area contributed by atoms with Gasteiger partial charge in [0.15, 0.2) is 5.65 Å². The van der Waals surface area contributed by atoms with Crippen LogP contribution in [0.4, 0.5) is 0 Å². The fourth-order valence-electron chi connectivity index (χ4n) is 4.23. The van der Waals surface area contributed by atoms with Gasteiger partial charge >= 0.3 is 0 Å². The van der Waals surface area contributed by atoms with Gasteiger partial charge in [0.25, 0.3) is 0 Å². The van der Waals surface area contributed by atoms with Crippen molar-refractivity contribution in [1.82, 2.24) is 29.0 Å². The van der Waals surface area contributed by atoms with Gasteiger partial charge in [0.2, 0.25) is 4.77 Å². The molecule has 0 aliphatic carbocycles. The molecule has 7 heteroatoms. The fraction of sp³-hybridized carbons (Fsp3) is 0.381. The summed E-state index contributed by atoms with van der Waals surface area (Å²) >= 11 is 5.63. The Bertz CT molecular complexity index is 1180. The highest BCUT2D eigenvalue weighted by Gasteiger charge is 2.18. The van der Waals surface area contributed by atoms with Crippen LogP contribution in [0.3, 0.4) is 0 Å². The van der Waals surface area contributed by atoms with E-state index in [1.165, 1.54) is 30.4 Å². The summed E-state index contributed by atoms with van der Waals surface area (Å²) in [7, 11) is 0. The summed E-state index contributed by atoms with van der Waals surface area (Å²) in [5.74, 6) is 0. The van der Waals surface area contributed by atoms with Gasteiger partial charge < -0.3 is 4.98 Å². The number of nitrogens with zero attached hydrogens (tertiary/aromatic N) is 5. The van der Waals surface area contributed by atoms with Crippen molar-refractivity contribution in [3.8, 4) is 0 Å². The van der Waals surface area contributed by atoms with Crippen LogP contribution in [0.25, 0.3) is 16.7 Å². The van der Waals surface area contributed by atoms with Gasteiger partial charge in [-0.2, -0.15) is 4.98 Å². The second-order valence-corrected chi connectivity index (χ2v) is 8.01. The van der Waals surface area contributed by atoms with E-state index in [1.54, 1.807) is 0 Å². The van der Waals surface area contributed by atoms with Crippen LogP contribution in [0.5, 0.6) is 0 Å². The number of hydrogen-bond donors (Lipinski definition) is 1. The molecule has 5 rings (SSSR count). The van der Waals surface area contributed by atoms with Gasteiger partial charge in [-0.15, -0.1) is 0 Å². The Hall–Kier alpha value is -2.51. The van der Waals surface area contributed by atoms with Crippen LogP contribution in [0.2, 0.25) is 0 Å². The Morgan fingerprint density at radius 3 is 2.68 bits per heavy atom. The van der Waals surface area contributed by atoms with E-state index in [4.69, 9.17) is 17.2 Å². The van der Waals surface area contributed by atoms with Gasteiger partial charge in [0.05, 0.1) is 12.1 Å². The zero-order valence-corrected chi connectivity index (χ0v) is 16.9. The molecule has 4 heterocycles. The summed E-state index contributed by atoms with van der Waals surface area (Å²) in [5, 5.41) is 1.08. The molecule has 0 saturated carbocycles. The summed E-state index contributed by atoms with van der Waals surface area (Å²) in [4.78, 5) is 15.3. The van der Waals surface area contributed by atoms with Crippen LogP contribution < -0.4 is 0 Å². The molecular formula is C21H24N6S. The lowest BCUT2D eigenvalue weighted by molar-refractivity contribution is 0.169. The number of aromatic amines is 1. The Morgan fingerprint density at radius 1 is 1.11 bits per heavy atom. The maximum absolute atomic E-state index is 5.63. The average molecular weight is 393 g/mol. The minimum Gasteiger partial charge on any atom is -0.343 e. The van der Waals surface area contributed by atoms with E-state index in [2.05, 4.69) is 50.7 Å². The van der Waals surface area contributed by atoms with Crippen molar-refractivity contribution in [1.29, 1.82) is 0 Å². The molecule has 1 aliphatic rings. The number of aromatic nitrogens is 5. The molecule has 0 radical (unpaired) electrons. The van der Waals surface area contributed by atoms with Gasteiger partial charge in [0.1, 0.15) is 12.0 Å². The van der Waals surface area contributed by atoms with E-state index in [0.29, 0.717) is 4.77 Å². The van der Waals surface area contributed by atoms with Gasteiger partial charge in [-0.3, -0.25) is 4.90 Å². The van der Waals surface area contributed by atoms with Crippen molar-refractivity contribution in [2.75, 3.05) is 13.1 Å². The first-order chi connectivity index (χ1) is 13.7. The van der Waals surface area contributed by atoms with Gasteiger partial charge in [-0.1, -0.05) is 36.8 Å². The number of nitrogens with one attached hydrogen (secondary N) is 1. The number of piperidine rings is 1. The normalized spacial score (nSPS) is 15.6. The highest BCUT2D eigenvalue weighted by Crippen LogP contribution is 2.27.